The number of carbonyl (C=O) groups is 1. The Morgan fingerprint density at radius 3 is 2.53 bits per heavy atom. The van der Waals surface area contributed by atoms with Gasteiger partial charge in [-0.3, -0.25) is 4.99 Å². The molecule has 182 valence electrons. The second kappa shape index (κ2) is 10.3. The fourth-order valence-corrected chi connectivity index (χ4v) is 5.86. The van der Waals surface area contributed by atoms with Gasteiger partial charge < -0.3 is 19.3 Å². The van der Waals surface area contributed by atoms with Crippen molar-refractivity contribution in [3.8, 4) is 0 Å². The summed E-state index contributed by atoms with van der Waals surface area (Å²) in [6.45, 7) is 0.394. The fraction of sp³-hybridized carbons (Fsp3) is 0.593. The summed E-state index contributed by atoms with van der Waals surface area (Å²) >= 11 is 0. The van der Waals surface area contributed by atoms with Gasteiger partial charge in [0, 0.05) is 31.8 Å². The van der Waals surface area contributed by atoms with Gasteiger partial charge in [0.1, 0.15) is 18.1 Å². The summed E-state index contributed by atoms with van der Waals surface area (Å²) in [6, 6.07) is 4.10. The van der Waals surface area contributed by atoms with E-state index in [9.17, 15) is 4.79 Å². The van der Waals surface area contributed by atoms with Crippen LogP contribution >= 0.6 is 0 Å². The predicted octanol–water partition coefficient (Wildman–Crippen LogP) is 4.90. The van der Waals surface area contributed by atoms with Crippen molar-refractivity contribution >= 4 is 18.0 Å². The lowest BCUT2D eigenvalue weighted by atomic mass is 9.94. The number of hydrogen-bond acceptors (Lipinski definition) is 6. The van der Waals surface area contributed by atoms with Crippen LogP contribution in [0.3, 0.4) is 0 Å². The van der Waals surface area contributed by atoms with Gasteiger partial charge in [-0.2, -0.15) is 0 Å². The van der Waals surface area contributed by atoms with Crippen LogP contribution in [-0.4, -0.2) is 37.2 Å². The van der Waals surface area contributed by atoms with Crippen LogP contribution in [0.2, 0.25) is 0 Å². The number of methoxy groups -OCH3 is 1. The van der Waals surface area contributed by atoms with Crippen LogP contribution in [0.5, 0.6) is 0 Å². The van der Waals surface area contributed by atoms with Gasteiger partial charge in [0.2, 0.25) is 5.60 Å². The minimum atomic E-state index is -1.32. The highest BCUT2D eigenvalue weighted by molar-refractivity contribution is 5.82. The molecule has 0 amide bonds. The molecule has 1 fully saturated rings. The quantitative estimate of drug-likeness (QED) is 0.322. The number of esters is 1. The van der Waals surface area contributed by atoms with Crippen LogP contribution < -0.4 is 5.32 Å². The number of aryl methyl sites for hydroxylation is 2. The van der Waals surface area contributed by atoms with Crippen LogP contribution in [-0.2, 0) is 45.6 Å². The molecule has 1 heterocycles. The van der Waals surface area contributed by atoms with Crippen molar-refractivity contribution in [1.82, 2.24) is 5.16 Å². The van der Waals surface area contributed by atoms with Crippen LogP contribution in [0.15, 0.2) is 27.9 Å². The zero-order valence-electron chi connectivity index (χ0n) is 20.1. The van der Waals surface area contributed by atoms with Gasteiger partial charge in [0.25, 0.3) is 0 Å². The summed E-state index contributed by atoms with van der Waals surface area (Å²) in [5.74, 6) is -0.405. The van der Waals surface area contributed by atoms with Crippen molar-refractivity contribution < 1.29 is 18.8 Å². The number of nitrogens with zero attached hydrogens (tertiary/aromatic N) is 2. The Hall–Kier alpha value is -2.67. The molecule has 5 rings (SSSR count). The normalized spacial score (nSPS) is 19.7. The average Bonchev–Trinajstić information content (AvgIpc) is 3.63. The van der Waals surface area contributed by atoms with Crippen LogP contribution in [0.1, 0.15) is 79.3 Å². The molecule has 0 saturated heterocycles. The second-order valence-corrected chi connectivity index (χ2v) is 9.74. The van der Waals surface area contributed by atoms with Gasteiger partial charge in [-0.1, -0.05) is 17.6 Å². The highest BCUT2D eigenvalue weighted by Crippen LogP contribution is 2.38. The molecule has 1 saturated carbocycles. The minimum absolute atomic E-state index is 0.0601. The maximum Gasteiger partial charge on any atom is 0.345 e. The Bertz CT molecular complexity index is 995. The Morgan fingerprint density at radius 2 is 1.88 bits per heavy atom. The maximum atomic E-state index is 13.3. The zero-order chi connectivity index (χ0) is 23.4. The first-order valence-corrected chi connectivity index (χ1v) is 12.8. The van der Waals surface area contributed by atoms with E-state index in [2.05, 4.69) is 21.5 Å². The number of nitrogens with one attached hydrogen (secondary N) is 1. The van der Waals surface area contributed by atoms with Crippen molar-refractivity contribution in [2.24, 2.45) is 4.99 Å². The maximum absolute atomic E-state index is 13.3. The lowest BCUT2D eigenvalue weighted by Crippen LogP contribution is -2.42. The summed E-state index contributed by atoms with van der Waals surface area (Å²) in [5, 5.41) is 7.53. The van der Waals surface area contributed by atoms with Gasteiger partial charge in [0.05, 0.1) is 6.34 Å². The molecule has 0 spiro atoms. The summed E-state index contributed by atoms with van der Waals surface area (Å²) in [5.41, 5.74) is 6.26. The largest absolute Gasteiger partial charge is 0.460 e. The van der Waals surface area contributed by atoms with Crippen molar-refractivity contribution in [1.29, 1.82) is 0 Å². The average molecular weight is 466 g/mol. The molecule has 3 aliphatic rings. The van der Waals surface area contributed by atoms with Gasteiger partial charge in [-0.15, -0.1) is 0 Å². The third kappa shape index (κ3) is 4.50. The zero-order valence-corrected chi connectivity index (χ0v) is 20.1. The minimum Gasteiger partial charge on any atom is -0.460 e. The highest BCUT2D eigenvalue weighted by Gasteiger charge is 2.45. The number of aromatic nitrogens is 1. The molecule has 1 N–H and O–H groups in total. The van der Waals surface area contributed by atoms with Crippen molar-refractivity contribution in [3.05, 3.63) is 46.3 Å². The van der Waals surface area contributed by atoms with E-state index in [0.717, 1.165) is 38.5 Å². The number of aliphatic imine (C=N–C) groups is 1. The third-order valence-electron chi connectivity index (χ3n) is 7.72. The number of ether oxygens (including phenoxy) is 2. The Kier molecular flexibility index (Phi) is 6.99. The molecule has 2 aromatic rings. The first-order valence-electron chi connectivity index (χ1n) is 12.8. The monoisotopic (exact) mass is 465 g/mol. The second-order valence-electron chi connectivity index (χ2n) is 9.74. The molecule has 0 bridgehead atoms. The molecule has 0 aliphatic heterocycles. The number of hydrogen-bond donors (Lipinski definition) is 1. The summed E-state index contributed by atoms with van der Waals surface area (Å²) in [4.78, 5) is 17.9. The molecule has 0 radical (unpaired) electrons. The Labute approximate surface area is 201 Å². The predicted molar refractivity (Wildman–Crippen MR) is 130 cm³/mol. The van der Waals surface area contributed by atoms with E-state index in [4.69, 9.17) is 14.0 Å². The first-order chi connectivity index (χ1) is 16.7. The Morgan fingerprint density at radius 1 is 1.15 bits per heavy atom. The van der Waals surface area contributed by atoms with Gasteiger partial charge in [-0.25, -0.2) is 4.79 Å². The molecule has 1 unspecified atom stereocenters. The molecule has 1 aromatic heterocycles. The van der Waals surface area contributed by atoms with E-state index in [0.29, 0.717) is 18.7 Å². The number of fused-ring (bicyclic) bond motifs is 2. The molecule has 1 aromatic carbocycles. The number of benzene rings is 1. The topological polar surface area (TPSA) is 86.0 Å². The van der Waals surface area contributed by atoms with Crippen molar-refractivity contribution in [2.75, 3.05) is 19.0 Å². The van der Waals surface area contributed by atoms with Crippen LogP contribution in [0, 0.1) is 0 Å². The van der Waals surface area contributed by atoms with E-state index in [1.807, 2.05) is 0 Å². The molecule has 7 heteroatoms. The smallest absolute Gasteiger partial charge is 0.345 e. The number of anilines is 1. The summed E-state index contributed by atoms with van der Waals surface area (Å²) in [6.07, 6.45) is 15.7. The van der Waals surface area contributed by atoms with E-state index in [1.165, 1.54) is 73.4 Å². The molecule has 34 heavy (non-hydrogen) atoms. The lowest BCUT2D eigenvalue weighted by molar-refractivity contribution is -0.179. The van der Waals surface area contributed by atoms with Crippen molar-refractivity contribution in [2.45, 2.75) is 88.8 Å². The van der Waals surface area contributed by atoms with E-state index >= 15 is 0 Å². The molecular formula is C27H35N3O4. The SMILES string of the molecule is COC(CCN=CNc1c2c(cc3c1CCC3)CCC2)(C(=O)OC1CCCCC1)c1ccon1. The van der Waals surface area contributed by atoms with Crippen molar-refractivity contribution in [3.63, 3.8) is 0 Å². The molecular weight excluding hydrogens is 430 g/mol. The van der Waals surface area contributed by atoms with Crippen LogP contribution in [0.25, 0.3) is 0 Å². The van der Waals surface area contributed by atoms with E-state index < -0.39 is 11.6 Å². The highest BCUT2D eigenvalue weighted by atomic mass is 16.6. The standard InChI is InChI=1S/C27H35N3O4/c1-32-27(24-13-16-33-30-24,26(31)34-21-9-3-2-4-10-21)14-15-28-18-29-25-22-11-5-7-19(22)17-20-8-6-12-23(20)25/h13,16-18,21H,2-12,14-15H2,1H3,(H,28,29). The van der Waals surface area contributed by atoms with Gasteiger partial charge >= 0.3 is 5.97 Å². The Balaban J connectivity index is 1.28. The molecule has 1 atom stereocenters. The summed E-state index contributed by atoms with van der Waals surface area (Å²) in [7, 11) is 1.52. The first kappa shape index (κ1) is 23.1. The summed E-state index contributed by atoms with van der Waals surface area (Å²) < 4.78 is 16.7. The number of carbonyl (C=O) groups excluding carboxylic acids is 1. The van der Waals surface area contributed by atoms with Gasteiger partial charge in [-0.05, 0) is 86.5 Å². The van der Waals surface area contributed by atoms with E-state index in [-0.39, 0.29) is 6.10 Å². The molecule has 3 aliphatic carbocycles. The third-order valence-corrected chi connectivity index (χ3v) is 7.72. The molecule has 7 nitrogen and oxygen atoms in total. The fourth-order valence-electron chi connectivity index (χ4n) is 5.86. The number of rotatable bonds is 9. The lowest BCUT2D eigenvalue weighted by Gasteiger charge is -2.31. The van der Waals surface area contributed by atoms with Crippen LogP contribution in [0.4, 0.5) is 5.69 Å². The van der Waals surface area contributed by atoms with Gasteiger partial charge in [0.15, 0.2) is 0 Å². The van der Waals surface area contributed by atoms with E-state index in [1.54, 1.807) is 12.4 Å².